The van der Waals surface area contributed by atoms with Gasteiger partial charge in [-0.25, -0.2) is 4.79 Å². The summed E-state index contributed by atoms with van der Waals surface area (Å²) in [5, 5.41) is 11.1. The fourth-order valence-electron chi connectivity index (χ4n) is 2.52. The van der Waals surface area contributed by atoms with Gasteiger partial charge < -0.3 is 5.32 Å². The molecule has 0 saturated carbocycles. The molecule has 1 aromatic carbocycles. The number of hydrogen-bond donors (Lipinski definition) is 2. The van der Waals surface area contributed by atoms with Gasteiger partial charge in [0, 0.05) is 6.54 Å². The number of anilines is 1. The van der Waals surface area contributed by atoms with Crippen LogP contribution in [0.25, 0.3) is 0 Å². The topological polar surface area (TPSA) is 87.2 Å². The predicted octanol–water partition coefficient (Wildman–Crippen LogP) is 2.31. The zero-order valence-corrected chi connectivity index (χ0v) is 14.3. The predicted molar refractivity (Wildman–Crippen MR) is 87.4 cm³/mol. The molecule has 0 unspecified atom stereocenters. The summed E-state index contributed by atoms with van der Waals surface area (Å²) >= 11 is 0.849. The Hall–Kier alpha value is -2.69. The summed E-state index contributed by atoms with van der Waals surface area (Å²) in [6, 6.07) is 7.73. The highest BCUT2D eigenvalue weighted by atomic mass is 32.1. The molecular formula is C15H14F3N5O2S. The lowest BCUT2D eigenvalue weighted by Crippen LogP contribution is -2.64. The number of urea groups is 1. The van der Waals surface area contributed by atoms with Gasteiger partial charge in [-0.15, -0.1) is 10.2 Å². The van der Waals surface area contributed by atoms with Gasteiger partial charge in [0.05, 0.1) is 0 Å². The molecule has 1 aliphatic rings. The number of nitrogens with one attached hydrogen (secondary N) is 2. The molecule has 0 bridgehead atoms. The van der Waals surface area contributed by atoms with E-state index in [0.29, 0.717) is 9.91 Å². The molecule has 11 heteroatoms. The van der Waals surface area contributed by atoms with Crippen molar-refractivity contribution in [1.82, 2.24) is 20.4 Å². The minimum absolute atomic E-state index is 0.177. The highest BCUT2D eigenvalue weighted by Crippen LogP contribution is 2.37. The number of benzene rings is 1. The van der Waals surface area contributed by atoms with E-state index >= 15 is 0 Å². The van der Waals surface area contributed by atoms with E-state index in [1.165, 1.54) is 0 Å². The Morgan fingerprint density at radius 2 is 1.92 bits per heavy atom. The van der Waals surface area contributed by atoms with Gasteiger partial charge in [0.1, 0.15) is 5.01 Å². The maximum absolute atomic E-state index is 13.7. The first kappa shape index (κ1) is 18.1. The Kier molecular flexibility index (Phi) is 4.57. The molecule has 2 N–H and O–H groups in total. The van der Waals surface area contributed by atoms with Crippen molar-refractivity contribution in [1.29, 1.82) is 0 Å². The van der Waals surface area contributed by atoms with Crippen molar-refractivity contribution in [2.75, 3.05) is 11.9 Å². The quantitative estimate of drug-likeness (QED) is 0.772. The minimum atomic E-state index is -5.07. The van der Waals surface area contributed by atoms with Crippen LogP contribution in [0.3, 0.4) is 0 Å². The molecule has 3 amide bonds. The molecule has 1 fully saturated rings. The lowest BCUT2D eigenvalue weighted by Gasteiger charge is -2.29. The molecular weight excluding hydrogens is 371 g/mol. The lowest BCUT2D eigenvalue weighted by atomic mass is 10.1. The van der Waals surface area contributed by atoms with E-state index < -0.39 is 23.8 Å². The standard InChI is InChI=1S/C15H14F3N5O2S/c1-9-21-22-12(26-9)19-14(15(16,17)18)11(24)23(13(25)20-14)8-7-10-5-3-2-4-6-10/h2-6H,7-8H2,1H3,(H,19,22)(H,20,25)/t14-/m0/s1. The zero-order chi connectivity index (χ0) is 18.9. The fourth-order valence-corrected chi connectivity index (χ4v) is 3.17. The first-order valence-electron chi connectivity index (χ1n) is 7.56. The first-order chi connectivity index (χ1) is 12.2. The van der Waals surface area contributed by atoms with E-state index in [0.717, 1.165) is 16.9 Å². The number of carbonyl (C=O) groups excluding carboxylic acids is 2. The second-order valence-corrected chi connectivity index (χ2v) is 6.80. The Bertz CT molecular complexity index is 826. The van der Waals surface area contributed by atoms with Crippen LogP contribution in [-0.2, 0) is 11.2 Å². The maximum atomic E-state index is 13.7. The number of amides is 3. The average Bonchev–Trinajstić information content (AvgIpc) is 3.08. The Morgan fingerprint density at radius 3 is 2.50 bits per heavy atom. The number of aromatic nitrogens is 2. The number of imide groups is 1. The molecule has 1 aromatic heterocycles. The molecule has 3 rings (SSSR count). The summed E-state index contributed by atoms with van der Waals surface area (Å²) in [6.45, 7) is 1.38. The number of rotatable bonds is 5. The van der Waals surface area contributed by atoms with E-state index in [9.17, 15) is 22.8 Å². The van der Waals surface area contributed by atoms with Crippen LogP contribution in [0.5, 0.6) is 0 Å². The number of halogens is 3. The van der Waals surface area contributed by atoms with Crippen LogP contribution in [-0.4, -0.2) is 45.4 Å². The summed E-state index contributed by atoms with van der Waals surface area (Å²) in [6.07, 6.45) is -4.83. The van der Waals surface area contributed by atoms with E-state index in [1.54, 1.807) is 42.6 Å². The summed E-state index contributed by atoms with van der Waals surface area (Å²) in [7, 11) is 0. The molecule has 0 radical (unpaired) electrons. The lowest BCUT2D eigenvalue weighted by molar-refractivity contribution is -0.188. The third kappa shape index (κ3) is 3.21. The smallest absolute Gasteiger partial charge is 0.322 e. The summed E-state index contributed by atoms with van der Waals surface area (Å²) in [4.78, 5) is 25.2. The third-order valence-corrected chi connectivity index (χ3v) is 4.57. The Labute approximate surface area is 150 Å². The van der Waals surface area contributed by atoms with Gasteiger partial charge in [0.25, 0.3) is 11.6 Å². The monoisotopic (exact) mass is 385 g/mol. The maximum Gasteiger partial charge on any atom is 0.440 e. The second kappa shape index (κ2) is 6.56. The normalized spacial score (nSPS) is 20.4. The largest absolute Gasteiger partial charge is 0.440 e. The van der Waals surface area contributed by atoms with Gasteiger partial charge in [-0.2, -0.15) is 13.2 Å². The van der Waals surface area contributed by atoms with Gasteiger partial charge in [0.2, 0.25) is 5.13 Å². The average molecular weight is 385 g/mol. The number of aryl methyl sites for hydroxylation is 1. The van der Waals surface area contributed by atoms with Gasteiger partial charge in [0.15, 0.2) is 0 Å². The molecule has 1 saturated heterocycles. The van der Waals surface area contributed by atoms with Crippen LogP contribution < -0.4 is 10.6 Å². The van der Waals surface area contributed by atoms with Gasteiger partial charge in [-0.05, 0) is 18.9 Å². The van der Waals surface area contributed by atoms with Crippen molar-refractivity contribution < 1.29 is 22.8 Å². The fraction of sp³-hybridized carbons (Fsp3) is 0.333. The van der Waals surface area contributed by atoms with E-state index in [2.05, 4.69) is 10.2 Å². The molecule has 1 atom stereocenters. The molecule has 0 aliphatic carbocycles. The van der Waals surface area contributed by atoms with E-state index in [-0.39, 0.29) is 18.1 Å². The molecule has 7 nitrogen and oxygen atoms in total. The summed E-state index contributed by atoms with van der Waals surface area (Å²) in [5.41, 5.74) is -2.46. The van der Waals surface area contributed by atoms with Crippen LogP contribution in [0.15, 0.2) is 30.3 Å². The van der Waals surface area contributed by atoms with Crippen LogP contribution in [0.2, 0.25) is 0 Å². The summed E-state index contributed by atoms with van der Waals surface area (Å²) in [5.74, 6) is -1.42. The molecule has 0 spiro atoms. The number of alkyl halides is 3. The molecule has 138 valence electrons. The van der Waals surface area contributed by atoms with Crippen molar-refractivity contribution in [3.8, 4) is 0 Å². The third-order valence-electron chi connectivity index (χ3n) is 3.82. The second-order valence-electron chi connectivity index (χ2n) is 5.62. The Morgan fingerprint density at radius 1 is 1.23 bits per heavy atom. The van der Waals surface area contributed by atoms with Crippen molar-refractivity contribution in [3.63, 3.8) is 0 Å². The highest BCUT2D eigenvalue weighted by Gasteiger charge is 2.68. The van der Waals surface area contributed by atoms with Crippen LogP contribution in [0.4, 0.5) is 23.1 Å². The zero-order valence-electron chi connectivity index (χ0n) is 13.5. The van der Waals surface area contributed by atoms with Crippen LogP contribution in [0.1, 0.15) is 10.6 Å². The number of carbonyl (C=O) groups is 2. The van der Waals surface area contributed by atoms with Crippen molar-refractivity contribution in [2.24, 2.45) is 0 Å². The van der Waals surface area contributed by atoms with Gasteiger partial charge in [-0.1, -0.05) is 41.7 Å². The Balaban J connectivity index is 1.84. The molecule has 26 heavy (non-hydrogen) atoms. The molecule has 1 aliphatic heterocycles. The SMILES string of the molecule is Cc1nnc(N[C@]2(C(F)(F)F)NC(=O)N(CCc3ccccc3)C2=O)s1. The van der Waals surface area contributed by atoms with Crippen molar-refractivity contribution in [3.05, 3.63) is 40.9 Å². The van der Waals surface area contributed by atoms with Crippen LogP contribution in [0, 0.1) is 6.92 Å². The van der Waals surface area contributed by atoms with Gasteiger partial charge >= 0.3 is 12.2 Å². The highest BCUT2D eigenvalue weighted by molar-refractivity contribution is 7.15. The number of hydrogen-bond acceptors (Lipinski definition) is 6. The molecule has 2 heterocycles. The first-order valence-corrected chi connectivity index (χ1v) is 8.37. The van der Waals surface area contributed by atoms with Crippen LogP contribution >= 0.6 is 11.3 Å². The molecule has 2 aromatic rings. The van der Waals surface area contributed by atoms with E-state index in [4.69, 9.17) is 0 Å². The van der Waals surface area contributed by atoms with Gasteiger partial charge in [-0.3, -0.25) is 15.0 Å². The van der Waals surface area contributed by atoms with Crippen molar-refractivity contribution in [2.45, 2.75) is 25.2 Å². The minimum Gasteiger partial charge on any atom is -0.322 e. The van der Waals surface area contributed by atoms with Crippen molar-refractivity contribution >= 4 is 28.4 Å². The van der Waals surface area contributed by atoms with E-state index in [1.807, 2.05) is 5.32 Å². The summed E-state index contributed by atoms with van der Waals surface area (Å²) < 4.78 is 41.1. The number of nitrogens with zero attached hydrogens (tertiary/aromatic N) is 3.